The number of benzene rings is 6. The van der Waals surface area contributed by atoms with Crippen molar-refractivity contribution in [3.05, 3.63) is 168 Å². The van der Waals surface area contributed by atoms with Crippen LogP contribution < -0.4 is 5.46 Å². The van der Waals surface area contributed by atoms with E-state index in [4.69, 9.17) is 24.3 Å². The number of aromatic nitrogens is 3. The lowest BCUT2D eigenvalue weighted by Gasteiger charge is -2.40. The molecule has 3 heterocycles. The molecule has 3 aliphatic rings. The van der Waals surface area contributed by atoms with Gasteiger partial charge in [0, 0.05) is 26.5 Å². The Morgan fingerprint density at radius 3 is 1.55 bits per heavy atom. The van der Waals surface area contributed by atoms with E-state index in [-0.39, 0.29) is 0 Å². The van der Waals surface area contributed by atoms with E-state index in [9.17, 15) is 0 Å². The summed E-state index contributed by atoms with van der Waals surface area (Å²) < 4.78 is 13.2. The highest BCUT2D eigenvalue weighted by Gasteiger charge is 2.54. The van der Waals surface area contributed by atoms with Gasteiger partial charge in [-0.1, -0.05) is 151 Å². The number of rotatable bonds is 4. The van der Waals surface area contributed by atoms with Crippen LogP contribution in [0.1, 0.15) is 49.9 Å². The largest absolute Gasteiger partial charge is 0.494 e. The molecule has 53 heavy (non-hydrogen) atoms. The van der Waals surface area contributed by atoms with Crippen LogP contribution in [0, 0.1) is 0 Å². The minimum atomic E-state index is -0.601. The monoisotopic (exact) mass is 705 g/mol. The first-order valence-electron chi connectivity index (χ1n) is 18.1. The first-order chi connectivity index (χ1) is 25.7. The smallest absolute Gasteiger partial charge is 0.399 e. The second-order valence-electron chi connectivity index (χ2n) is 15.0. The summed E-state index contributed by atoms with van der Waals surface area (Å²) in [6, 6.07) is 51.5. The van der Waals surface area contributed by atoms with E-state index in [0.29, 0.717) is 17.5 Å². The van der Waals surface area contributed by atoms with Crippen LogP contribution in [0.2, 0.25) is 0 Å². The Labute approximate surface area is 314 Å². The predicted octanol–water partition coefficient (Wildman–Crippen LogP) is 10.00. The average molecular weight is 706 g/mol. The van der Waals surface area contributed by atoms with Gasteiger partial charge >= 0.3 is 7.12 Å². The summed E-state index contributed by atoms with van der Waals surface area (Å²) in [7, 11) is -0.481. The molecule has 1 aliphatic carbocycles. The maximum atomic E-state index is 6.62. The molecule has 7 aromatic rings. The molecule has 0 N–H and O–H groups in total. The molecule has 1 fully saturated rings. The third-order valence-electron chi connectivity index (χ3n) is 11.5. The summed E-state index contributed by atoms with van der Waals surface area (Å²) in [6.07, 6.45) is 0. The fourth-order valence-corrected chi connectivity index (χ4v) is 9.45. The Morgan fingerprint density at radius 1 is 0.472 bits per heavy atom. The van der Waals surface area contributed by atoms with Gasteiger partial charge in [0.25, 0.3) is 0 Å². The van der Waals surface area contributed by atoms with Gasteiger partial charge < -0.3 is 9.31 Å². The maximum Gasteiger partial charge on any atom is 0.494 e. The molecule has 0 atom stereocenters. The second-order valence-corrected chi connectivity index (χ2v) is 16.1. The van der Waals surface area contributed by atoms with Crippen molar-refractivity contribution in [2.24, 2.45) is 0 Å². The van der Waals surface area contributed by atoms with Crippen LogP contribution >= 0.6 is 11.8 Å². The normalized spacial score (nSPS) is 16.9. The molecule has 7 heteroatoms. The van der Waals surface area contributed by atoms with E-state index in [1.165, 1.54) is 38.3 Å². The summed E-state index contributed by atoms with van der Waals surface area (Å²) in [4.78, 5) is 17.7. The van der Waals surface area contributed by atoms with Gasteiger partial charge in [-0.2, -0.15) is 0 Å². The predicted molar refractivity (Wildman–Crippen MR) is 213 cm³/mol. The zero-order chi connectivity index (χ0) is 36.0. The summed E-state index contributed by atoms with van der Waals surface area (Å²) in [5, 5.41) is 0. The molecule has 0 bridgehead atoms. The lowest BCUT2D eigenvalue weighted by molar-refractivity contribution is 0.00578. The molecular weight excluding hydrogens is 669 g/mol. The van der Waals surface area contributed by atoms with Crippen molar-refractivity contribution in [1.82, 2.24) is 15.0 Å². The number of hydrogen-bond donors (Lipinski definition) is 0. The first-order valence-corrected chi connectivity index (χ1v) is 18.9. The van der Waals surface area contributed by atoms with Gasteiger partial charge in [0.1, 0.15) is 0 Å². The van der Waals surface area contributed by atoms with Gasteiger partial charge in [-0.25, -0.2) is 15.0 Å². The van der Waals surface area contributed by atoms with Crippen LogP contribution in [-0.4, -0.2) is 33.3 Å². The summed E-state index contributed by atoms with van der Waals surface area (Å²) >= 11 is 1.79. The molecular formula is C46H36BN3O2S. The summed E-state index contributed by atoms with van der Waals surface area (Å²) in [6.45, 7) is 8.43. The average Bonchev–Trinajstić information content (AvgIpc) is 3.61. The van der Waals surface area contributed by atoms with Crippen LogP contribution in [-0.2, 0) is 14.7 Å². The molecule has 1 spiro atoms. The Bertz CT molecular complexity index is 2450. The molecule has 0 saturated carbocycles. The van der Waals surface area contributed by atoms with Crippen molar-refractivity contribution in [3.8, 4) is 45.3 Å². The molecule has 0 amide bonds. The van der Waals surface area contributed by atoms with Crippen molar-refractivity contribution in [2.45, 2.75) is 54.1 Å². The maximum absolute atomic E-state index is 6.62. The van der Waals surface area contributed by atoms with Crippen molar-refractivity contribution in [1.29, 1.82) is 0 Å². The third kappa shape index (κ3) is 4.84. The molecule has 0 unspecified atom stereocenters. The summed E-state index contributed by atoms with van der Waals surface area (Å²) in [5.41, 5.74) is 9.84. The second kappa shape index (κ2) is 11.8. The van der Waals surface area contributed by atoms with Crippen molar-refractivity contribution in [3.63, 3.8) is 0 Å². The SMILES string of the molecule is CC1(C)OB(c2ccc3c(c2)C2(c4ccccc4-c4ccccc42)c2cccc(-c4nc(-c5ccccc5)nc(-c5ccccc5)n4)c2S3)OC1(C)C. The molecule has 6 aromatic carbocycles. The van der Waals surface area contributed by atoms with E-state index in [2.05, 4.69) is 137 Å². The van der Waals surface area contributed by atoms with Crippen LogP contribution in [0.15, 0.2) is 155 Å². The van der Waals surface area contributed by atoms with E-state index in [1.54, 1.807) is 11.8 Å². The molecule has 10 rings (SSSR count). The fourth-order valence-electron chi connectivity index (χ4n) is 8.17. The zero-order valence-corrected chi connectivity index (χ0v) is 30.8. The minimum absolute atomic E-state index is 0.449. The molecule has 2 aliphatic heterocycles. The van der Waals surface area contributed by atoms with Gasteiger partial charge in [0.2, 0.25) is 0 Å². The lowest BCUT2D eigenvalue weighted by Crippen LogP contribution is -2.41. The Hall–Kier alpha value is -5.34. The highest BCUT2D eigenvalue weighted by molar-refractivity contribution is 7.99. The van der Waals surface area contributed by atoms with Crippen molar-refractivity contribution in [2.75, 3.05) is 0 Å². The molecule has 256 valence electrons. The first kappa shape index (κ1) is 32.3. The van der Waals surface area contributed by atoms with Crippen LogP contribution in [0.25, 0.3) is 45.3 Å². The highest BCUT2D eigenvalue weighted by atomic mass is 32.2. The number of nitrogens with zero attached hydrogens (tertiary/aromatic N) is 3. The molecule has 1 aromatic heterocycles. The molecule has 5 nitrogen and oxygen atoms in total. The zero-order valence-electron chi connectivity index (χ0n) is 30.0. The van der Waals surface area contributed by atoms with Gasteiger partial charge in [0.15, 0.2) is 17.5 Å². The van der Waals surface area contributed by atoms with Crippen LogP contribution in [0.3, 0.4) is 0 Å². The van der Waals surface area contributed by atoms with Gasteiger partial charge in [-0.15, -0.1) is 0 Å². The Balaban J connectivity index is 1.24. The molecule has 1 saturated heterocycles. The molecule has 0 radical (unpaired) electrons. The summed E-state index contributed by atoms with van der Waals surface area (Å²) in [5.74, 6) is 1.94. The quantitative estimate of drug-likeness (QED) is 0.170. The van der Waals surface area contributed by atoms with Crippen LogP contribution in [0.5, 0.6) is 0 Å². The number of hydrogen-bond acceptors (Lipinski definition) is 6. The highest BCUT2D eigenvalue weighted by Crippen LogP contribution is 2.63. The standard InChI is InChI=1S/C46H36BN3O2S/c1-44(2)45(3,4)52-47(51-44)31-26-27-39-38(28-31)46(35-23-13-11-20-32(35)33-21-12-14-24-36(33)46)37-25-15-22-34(40(37)53-39)43-49-41(29-16-7-5-8-17-29)48-42(50-43)30-18-9-6-10-19-30/h5-28H,1-4H3. The Kier molecular flexibility index (Phi) is 7.22. The van der Waals surface area contributed by atoms with Gasteiger partial charge in [-0.3, -0.25) is 0 Å². The van der Waals surface area contributed by atoms with Crippen molar-refractivity contribution >= 4 is 24.3 Å². The van der Waals surface area contributed by atoms with Gasteiger partial charge in [0.05, 0.1) is 16.6 Å². The van der Waals surface area contributed by atoms with Crippen molar-refractivity contribution < 1.29 is 9.31 Å². The third-order valence-corrected chi connectivity index (χ3v) is 12.7. The van der Waals surface area contributed by atoms with E-state index in [1.807, 2.05) is 36.4 Å². The van der Waals surface area contributed by atoms with E-state index < -0.39 is 23.7 Å². The number of fused-ring (bicyclic) bond motifs is 9. The van der Waals surface area contributed by atoms with E-state index in [0.717, 1.165) is 27.0 Å². The Morgan fingerprint density at radius 2 is 0.962 bits per heavy atom. The van der Waals surface area contributed by atoms with Gasteiger partial charge in [-0.05, 0) is 72.6 Å². The minimum Gasteiger partial charge on any atom is -0.399 e. The van der Waals surface area contributed by atoms with E-state index >= 15 is 0 Å². The lowest BCUT2D eigenvalue weighted by atomic mass is 9.65. The topological polar surface area (TPSA) is 57.1 Å². The van der Waals surface area contributed by atoms with Crippen LogP contribution in [0.4, 0.5) is 0 Å². The fraction of sp³-hybridized carbons (Fsp3) is 0.152.